The van der Waals surface area contributed by atoms with Crippen molar-refractivity contribution in [1.29, 1.82) is 0 Å². The molecule has 0 unspecified atom stereocenters. The smallest absolute Gasteiger partial charge is 0.137 e. The number of nitrogens with one attached hydrogen (secondary N) is 1. The summed E-state index contributed by atoms with van der Waals surface area (Å²) in [5.41, 5.74) is 1.11. The van der Waals surface area contributed by atoms with E-state index in [9.17, 15) is 4.39 Å². The second-order valence-electron chi connectivity index (χ2n) is 5.47. The van der Waals surface area contributed by atoms with Crippen molar-refractivity contribution in [3.05, 3.63) is 34.1 Å². The number of hydrogen-bond acceptors (Lipinski definition) is 2. The lowest BCUT2D eigenvalue weighted by atomic mass is 9.98. The third-order valence-electron chi connectivity index (χ3n) is 4.00. The van der Waals surface area contributed by atoms with E-state index in [4.69, 9.17) is 0 Å². The summed E-state index contributed by atoms with van der Waals surface area (Å²) in [7, 11) is 0. The van der Waals surface area contributed by atoms with Crippen molar-refractivity contribution in [2.75, 3.05) is 26.2 Å². The molecule has 1 aliphatic heterocycles. The number of piperazine rings is 1. The van der Waals surface area contributed by atoms with Crippen molar-refractivity contribution in [2.24, 2.45) is 0 Å². The fourth-order valence-electron chi connectivity index (χ4n) is 2.86. The fourth-order valence-corrected chi connectivity index (χ4v) is 3.11. The van der Waals surface area contributed by atoms with Gasteiger partial charge in [-0.15, -0.1) is 12.4 Å². The van der Waals surface area contributed by atoms with E-state index in [1.807, 2.05) is 6.07 Å². The second kappa shape index (κ2) is 9.78. The first kappa shape index (κ1) is 18.9. The first-order chi connectivity index (χ1) is 9.72. The van der Waals surface area contributed by atoms with Crippen molar-refractivity contribution in [3.63, 3.8) is 0 Å². The molecule has 1 aromatic rings. The average Bonchev–Trinajstić information content (AvgIpc) is 2.48. The van der Waals surface area contributed by atoms with Crippen molar-refractivity contribution >= 4 is 28.3 Å². The molecule has 0 aliphatic carbocycles. The Bertz CT molecular complexity index is 425. The van der Waals surface area contributed by atoms with Crippen LogP contribution in [0.2, 0.25) is 0 Å². The van der Waals surface area contributed by atoms with E-state index in [1.54, 1.807) is 6.07 Å². The van der Waals surface area contributed by atoms with Gasteiger partial charge in [0.05, 0.1) is 4.47 Å². The molecule has 0 saturated carbocycles. The van der Waals surface area contributed by atoms with Gasteiger partial charge in [0.25, 0.3) is 0 Å². The summed E-state index contributed by atoms with van der Waals surface area (Å²) in [5.74, 6) is -0.155. The molecular weight excluding hydrogens is 355 g/mol. The zero-order chi connectivity index (χ0) is 14.4. The standard InChI is InChI=1S/C16H24BrFN2.ClH/c1-2-3-4-5-16(20-10-8-19-9-11-20)13-6-7-14(17)15(18)12-13;/h6-7,12,16,19H,2-5,8-11H2,1H3;1H/t16-;/m1./s1. The predicted molar refractivity (Wildman–Crippen MR) is 92.7 cm³/mol. The molecule has 1 atom stereocenters. The normalized spacial score (nSPS) is 17.3. The molecule has 0 bridgehead atoms. The minimum absolute atomic E-state index is 0. The monoisotopic (exact) mass is 378 g/mol. The Morgan fingerprint density at radius 1 is 1.29 bits per heavy atom. The maximum absolute atomic E-state index is 13.8. The molecule has 1 aromatic carbocycles. The van der Waals surface area contributed by atoms with Gasteiger partial charge in [0, 0.05) is 32.2 Å². The molecule has 120 valence electrons. The highest BCUT2D eigenvalue weighted by atomic mass is 79.9. The Morgan fingerprint density at radius 2 is 2.00 bits per heavy atom. The van der Waals surface area contributed by atoms with Crippen molar-refractivity contribution < 1.29 is 4.39 Å². The highest BCUT2D eigenvalue weighted by Gasteiger charge is 2.22. The highest BCUT2D eigenvalue weighted by Crippen LogP contribution is 2.29. The Hall–Kier alpha value is -0.160. The number of hydrogen-bond donors (Lipinski definition) is 1. The molecule has 2 nitrogen and oxygen atoms in total. The van der Waals surface area contributed by atoms with Gasteiger partial charge in [0.2, 0.25) is 0 Å². The fraction of sp³-hybridized carbons (Fsp3) is 0.625. The molecular formula is C16H25BrClFN2. The lowest BCUT2D eigenvalue weighted by molar-refractivity contribution is 0.162. The first-order valence-electron chi connectivity index (χ1n) is 7.62. The van der Waals surface area contributed by atoms with Crippen LogP contribution in [0.4, 0.5) is 4.39 Å². The van der Waals surface area contributed by atoms with Crippen LogP contribution in [-0.2, 0) is 0 Å². The van der Waals surface area contributed by atoms with Crippen molar-refractivity contribution in [2.45, 2.75) is 38.6 Å². The summed E-state index contributed by atoms with van der Waals surface area (Å²) in [6.45, 7) is 6.38. The molecule has 0 aromatic heterocycles. The lowest BCUT2D eigenvalue weighted by Crippen LogP contribution is -2.45. The molecule has 0 radical (unpaired) electrons. The van der Waals surface area contributed by atoms with Gasteiger partial charge in [0.1, 0.15) is 5.82 Å². The summed E-state index contributed by atoms with van der Waals surface area (Å²) in [4.78, 5) is 2.49. The maximum atomic E-state index is 13.8. The molecule has 0 spiro atoms. The zero-order valence-corrected chi connectivity index (χ0v) is 15.0. The Kier molecular flexibility index (Phi) is 8.79. The van der Waals surface area contributed by atoms with Crippen LogP contribution in [0.15, 0.2) is 22.7 Å². The molecule has 1 aliphatic rings. The summed E-state index contributed by atoms with van der Waals surface area (Å²) >= 11 is 3.24. The van der Waals surface area contributed by atoms with E-state index in [1.165, 1.54) is 19.3 Å². The molecule has 5 heteroatoms. The van der Waals surface area contributed by atoms with E-state index in [-0.39, 0.29) is 18.2 Å². The van der Waals surface area contributed by atoms with Gasteiger partial charge in [0.15, 0.2) is 0 Å². The molecule has 2 rings (SSSR count). The summed E-state index contributed by atoms with van der Waals surface area (Å²) < 4.78 is 14.4. The van der Waals surface area contributed by atoms with Gasteiger partial charge in [-0.1, -0.05) is 32.3 Å². The summed E-state index contributed by atoms with van der Waals surface area (Å²) in [6, 6.07) is 5.94. The van der Waals surface area contributed by atoms with E-state index < -0.39 is 0 Å². The number of nitrogens with zero attached hydrogens (tertiary/aromatic N) is 1. The number of benzene rings is 1. The highest BCUT2D eigenvalue weighted by molar-refractivity contribution is 9.10. The molecule has 1 heterocycles. The number of unbranched alkanes of at least 4 members (excludes halogenated alkanes) is 2. The van der Waals surface area contributed by atoms with Gasteiger partial charge in [-0.25, -0.2) is 4.39 Å². The molecule has 1 saturated heterocycles. The maximum Gasteiger partial charge on any atom is 0.137 e. The Labute approximate surface area is 142 Å². The minimum Gasteiger partial charge on any atom is -0.314 e. The minimum atomic E-state index is -0.155. The van der Waals surface area contributed by atoms with Crippen LogP contribution in [0, 0.1) is 5.82 Å². The molecule has 1 fully saturated rings. The van der Waals surface area contributed by atoms with Crippen LogP contribution >= 0.6 is 28.3 Å². The lowest BCUT2D eigenvalue weighted by Gasteiger charge is -2.35. The van der Waals surface area contributed by atoms with Crippen LogP contribution in [0.3, 0.4) is 0 Å². The molecule has 1 N–H and O–H groups in total. The average molecular weight is 380 g/mol. The van der Waals surface area contributed by atoms with Gasteiger partial charge in [-0.3, -0.25) is 4.90 Å². The first-order valence-corrected chi connectivity index (χ1v) is 8.41. The second-order valence-corrected chi connectivity index (χ2v) is 6.33. The predicted octanol–water partition coefficient (Wildman–Crippen LogP) is 4.54. The number of halogens is 3. The van der Waals surface area contributed by atoms with Crippen LogP contribution in [0.5, 0.6) is 0 Å². The Balaban J connectivity index is 0.00000220. The molecule has 0 amide bonds. The van der Waals surface area contributed by atoms with Crippen LogP contribution in [0.1, 0.15) is 44.2 Å². The topological polar surface area (TPSA) is 15.3 Å². The Morgan fingerprint density at radius 3 is 2.62 bits per heavy atom. The SMILES string of the molecule is CCCCC[C@H](c1ccc(Br)c(F)c1)N1CCNCC1.Cl. The van der Waals surface area contributed by atoms with Crippen molar-refractivity contribution in [1.82, 2.24) is 10.2 Å². The third kappa shape index (κ3) is 5.51. The van der Waals surface area contributed by atoms with Gasteiger partial charge in [-0.2, -0.15) is 0 Å². The van der Waals surface area contributed by atoms with Gasteiger partial charge >= 0.3 is 0 Å². The largest absolute Gasteiger partial charge is 0.314 e. The van der Waals surface area contributed by atoms with Crippen LogP contribution < -0.4 is 5.32 Å². The molecule has 21 heavy (non-hydrogen) atoms. The van der Waals surface area contributed by atoms with E-state index in [0.29, 0.717) is 10.5 Å². The van der Waals surface area contributed by atoms with E-state index in [2.05, 4.69) is 39.1 Å². The third-order valence-corrected chi connectivity index (χ3v) is 4.65. The van der Waals surface area contributed by atoms with Crippen LogP contribution in [-0.4, -0.2) is 31.1 Å². The van der Waals surface area contributed by atoms with E-state index >= 15 is 0 Å². The van der Waals surface area contributed by atoms with Gasteiger partial charge < -0.3 is 5.32 Å². The van der Waals surface area contributed by atoms with E-state index in [0.717, 1.165) is 38.2 Å². The zero-order valence-electron chi connectivity index (χ0n) is 12.6. The summed E-state index contributed by atoms with van der Waals surface area (Å²) in [6.07, 6.45) is 4.81. The van der Waals surface area contributed by atoms with Gasteiger partial charge in [-0.05, 0) is 40.0 Å². The summed E-state index contributed by atoms with van der Waals surface area (Å²) in [5, 5.41) is 3.39. The van der Waals surface area contributed by atoms with Crippen molar-refractivity contribution in [3.8, 4) is 0 Å². The van der Waals surface area contributed by atoms with Crippen LogP contribution in [0.25, 0.3) is 0 Å². The quantitative estimate of drug-likeness (QED) is 0.730. The number of rotatable bonds is 6.